The minimum atomic E-state index is -0.281. The SMILES string of the molecule is CC1(C)CC(=O)C2=C(C1)Nc1ncnn1C2c1ccc(OCc2cccc(Br)c2)cc1. The van der Waals surface area contributed by atoms with E-state index in [0.717, 1.165) is 39.0 Å². The molecule has 6 nitrogen and oxygen atoms in total. The van der Waals surface area contributed by atoms with Gasteiger partial charge in [-0.3, -0.25) is 4.79 Å². The van der Waals surface area contributed by atoms with Crippen molar-refractivity contribution in [3.05, 3.63) is 81.7 Å². The standard InChI is InChI=1S/C24H23BrN4O2/c1-24(2)11-19-21(20(30)12-24)22(29-23(28-19)26-14-27-29)16-6-8-18(9-7-16)31-13-15-4-3-5-17(25)10-15/h3-10,14,22H,11-13H2,1-2H3,(H,26,27,28). The Bertz CT molecular complexity index is 1180. The van der Waals surface area contributed by atoms with Gasteiger partial charge in [-0.25, -0.2) is 4.68 Å². The van der Waals surface area contributed by atoms with Crippen LogP contribution in [0.5, 0.6) is 5.75 Å². The van der Waals surface area contributed by atoms with Gasteiger partial charge in [-0.15, -0.1) is 0 Å². The third-order valence-corrected chi connectivity index (χ3v) is 6.26. The van der Waals surface area contributed by atoms with E-state index in [1.54, 1.807) is 4.68 Å². The largest absolute Gasteiger partial charge is 0.489 e. The van der Waals surface area contributed by atoms with E-state index in [-0.39, 0.29) is 17.2 Å². The number of anilines is 1. The summed E-state index contributed by atoms with van der Waals surface area (Å²) < 4.78 is 8.78. The third kappa shape index (κ3) is 3.90. The van der Waals surface area contributed by atoms with E-state index in [2.05, 4.69) is 45.2 Å². The predicted octanol–water partition coefficient (Wildman–Crippen LogP) is 5.28. The maximum absolute atomic E-state index is 13.1. The van der Waals surface area contributed by atoms with Crippen molar-refractivity contribution in [2.45, 2.75) is 39.3 Å². The van der Waals surface area contributed by atoms with E-state index in [0.29, 0.717) is 19.0 Å². The van der Waals surface area contributed by atoms with E-state index >= 15 is 0 Å². The molecule has 2 heterocycles. The zero-order valence-electron chi connectivity index (χ0n) is 17.4. The minimum absolute atomic E-state index is 0.0697. The molecule has 1 N–H and O–H groups in total. The van der Waals surface area contributed by atoms with Crippen LogP contribution in [0.15, 0.2) is 70.6 Å². The molecule has 0 radical (unpaired) electrons. The van der Waals surface area contributed by atoms with Crippen molar-refractivity contribution >= 4 is 27.7 Å². The lowest BCUT2D eigenvalue weighted by atomic mass is 9.73. The number of carbonyl (C=O) groups excluding carboxylic acids is 1. The summed E-state index contributed by atoms with van der Waals surface area (Å²) in [4.78, 5) is 17.5. The molecule has 2 aliphatic rings. The van der Waals surface area contributed by atoms with Gasteiger partial charge in [-0.2, -0.15) is 10.1 Å². The van der Waals surface area contributed by atoms with E-state index in [4.69, 9.17) is 4.74 Å². The molecular formula is C24H23BrN4O2. The van der Waals surface area contributed by atoms with Gasteiger partial charge in [0.2, 0.25) is 5.95 Å². The second-order valence-electron chi connectivity index (χ2n) is 8.88. The fourth-order valence-corrected chi connectivity index (χ4v) is 4.84. The Balaban J connectivity index is 1.43. The number of ether oxygens (including phenoxy) is 1. The van der Waals surface area contributed by atoms with Crippen LogP contribution < -0.4 is 10.1 Å². The van der Waals surface area contributed by atoms with Crippen molar-refractivity contribution in [2.24, 2.45) is 5.41 Å². The number of nitrogens with zero attached hydrogens (tertiary/aromatic N) is 3. The average molecular weight is 479 g/mol. The number of benzene rings is 2. The van der Waals surface area contributed by atoms with Crippen molar-refractivity contribution in [3.63, 3.8) is 0 Å². The fourth-order valence-electron chi connectivity index (χ4n) is 4.40. The maximum atomic E-state index is 13.1. The summed E-state index contributed by atoms with van der Waals surface area (Å²) in [6, 6.07) is 15.7. The Labute approximate surface area is 189 Å². The van der Waals surface area contributed by atoms with Crippen molar-refractivity contribution < 1.29 is 9.53 Å². The topological polar surface area (TPSA) is 69.0 Å². The summed E-state index contributed by atoms with van der Waals surface area (Å²) in [5.41, 5.74) is 3.76. The summed E-state index contributed by atoms with van der Waals surface area (Å²) in [7, 11) is 0. The highest BCUT2D eigenvalue weighted by atomic mass is 79.9. The molecule has 0 spiro atoms. The molecule has 1 atom stereocenters. The number of fused-ring (bicyclic) bond motifs is 1. The van der Waals surface area contributed by atoms with Gasteiger partial charge in [0.1, 0.15) is 24.7 Å². The van der Waals surface area contributed by atoms with E-state index in [1.807, 2.05) is 48.5 Å². The number of aromatic nitrogens is 3. The van der Waals surface area contributed by atoms with E-state index in [9.17, 15) is 4.79 Å². The number of nitrogens with one attached hydrogen (secondary N) is 1. The smallest absolute Gasteiger partial charge is 0.226 e. The molecule has 158 valence electrons. The monoisotopic (exact) mass is 478 g/mol. The van der Waals surface area contributed by atoms with Crippen molar-refractivity contribution in [1.82, 2.24) is 14.8 Å². The van der Waals surface area contributed by atoms with Crippen LogP contribution in [0.25, 0.3) is 0 Å². The van der Waals surface area contributed by atoms with Gasteiger partial charge < -0.3 is 10.1 Å². The quantitative estimate of drug-likeness (QED) is 0.552. The van der Waals surface area contributed by atoms with Gasteiger partial charge in [0, 0.05) is 22.2 Å². The van der Waals surface area contributed by atoms with E-state index in [1.165, 1.54) is 6.33 Å². The van der Waals surface area contributed by atoms with Crippen LogP contribution in [0.4, 0.5) is 5.95 Å². The van der Waals surface area contributed by atoms with Crippen LogP contribution in [0.1, 0.15) is 43.9 Å². The van der Waals surface area contributed by atoms with E-state index < -0.39 is 0 Å². The highest BCUT2D eigenvalue weighted by Gasteiger charge is 2.41. The van der Waals surface area contributed by atoms with Gasteiger partial charge in [0.05, 0.1) is 0 Å². The van der Waals surface area contributed by atoms with Gasteiger partial charge >= 0.3 is 0 Å². The lowest BCUT2D eigenvalue weighted by Gasteiger charge is -2.38. The lowest BCUT2D eigenvalue weighted by Crippen LogP contribution is -2.36. The number of carbonyl (C=O) groups is 1. The first-order chi connectivity index (χ1) is 14.9. The molecule has 3 aromatic rings. The first kappa shape index (κ1) is 20.0. The third-order valence-electron chi connectivity index (χ3n) is 5.76. The molecule has 0 bridgehead atoms. The molecule has 1 aliphatic carbocycles. The molecule has 0 saturated carbocycles. The number of allylic oxidation sites excluding steroid dienone is 2. The Morgan fingerprint density at radius 1 is 1.19 bits per heavy atom. The first-order valence-corrected chi connectivity index (χ1v) is 11.1. The van der Waals surface area contributed by atoms with Gasteiger partial charge in [0.25, 0.3) is 0 Å². The fraction of sp³-hybridized carbons (Fsp3) is 0.292. The van der Waals surface area contributed by atoms with Gasteiger partial charge in [-0.1, -0.05) is 54.0 Å². The first-order valence-electron chi connectivity index (χ1n) is 10.3. The highest BCUT2D eigenvalue weighted by Crippen LogP contribution is 2.45. The lowest BCUT2D eigenvalue weighted by molar-refractivity contribution is -0.118. The summed E-state index contributed by atoms with van der Waals surface area (Å²) in [5, 5.41) is 7.74. The normalized spacial score (nSPS) is 19.5. The number of ketones is 1. The summed E-state index contributed by atoms with van der Waals surface area (Å²) in [6.45, 7) is 4.74. The molecule has 1 unspecified atom stereocenters. The predicted molar refractivity (Wildman–Crippen MR) is 122 cm³/mol. The Morgan fingerprint density at radius 3 is 2.77 bits per heavy atom. The molecule has 31 heavy (non-hydrogen) atoms. The maximum Gasteiger partial charge on any atom is 0.226 e. The van der Waals surface area contributed by atoms with Crippen LogP contribution in [0.3, 0.4) is 0 Å². The van der Waals surface area contributed by atoms with Crippen molar-refractivity contribution in [2.75, 3.05) is 5.32 Å². The minimum Gasteiger partial charge on any atom is -0.489 e. The molecule has 1 aromatic heterocycles. The number of rotatable bonds is 4. The summed E-state index contributed by atoms with van der Waals surface area (Å²) >= 11 is 3.49. The molecule has 7 heteroatoms. The number of Topliss-reactive ketones (excluding diaryl/α,β-unsaturated/α-hetero) is 1. The van der Waals surface area contributed by atoms with Crippen LogP contribution in [0.2, 0.25) is 0 Å². The second-order valence-corrected chi connectivity index (χ2v) is 9.79. The Morgan fingerprint density at radius 2 is 2.00 bits per heavy atom. The zero-order chi connectivity index (χ0) is 21.6. The van der Waals surface area contributed by atoms with Crippen LogP contribution in [-0.4, -0.2) is 20.5 Å². The Hall–Kier alpha value is -2.93. The molecule has 5 rings (SSSR count). The van der Waals surface area contributed by atoms with Gasteiger partial charge in [-0.05, 0) is 47.2 Å². The van der Waals surface area contributed by atoms with Gasteiger partial charge in [0.15, 0.2) is 5.78 Å². The molecule has 0 amide bonds. The number of hydrogen-bond donors (Lipinski definition) is 1. The summed E-state index contributed by atoms with van der Waals surface area (Å²) in [5.74, 6) is 1.62. The van der Waals surface area contributed by atoms with Crippen molar-refractivity contribution in [3.8, 4) is 5.75 Å². The van der Waals surface area contributed by atoms with Crippen LogP contribution in [-0.2, 0) is 11.4 Å². The zero-order valence-corrected chi connectivity index (χ0v) is 19.0. The van der Waals surface area contributed by atoms with Crippen LogP contribution >= 0.6 is 15.9 Å². The number of hydrogen-bond acceptors (Lipinski definition) is 5. The second kappa shape index (κ2) is 7.64. The highest BCUT2D eigenvalue weighted by molar-refractivity contribution is 9.10. The average Bonchev–Trinajstić information content (AvgIpc) is 3.18. The van der Waals surface area contributed by atoms with Crippen LogP contribution in [0, 0.1) is 5.41 Å². The molecule has 0 fully saturated rings. The molecule has 1 aliphatic heterocycles. The van der Waals surface area contributed by atoms with Crippen molar-refractivity contribution in [1.29, 1.82) is 0 Å². The number of halogens is 1. The Kier molecular flexibility index (Phi) is 4.93. The molecule has 0 saturated heterocycles. The summed E-state index contributed by atoms with van der Waals surface area (Å²) in [6.07, 6.45) is 2.87. The molecule has 2 aromatic carbocycles. The molecular weight excluding hydrogens is 456 g/mol.